The highest BCUT2D eigenvalue weighted by molar-refractivity contribution is 5.20. The Morgan fingerprint density at radius 3 is 2.57 bits per heavy atom. The van der Waals surface area contributed by atoms with Crippen molar-refractivity contribution in [2.75, 3.05) is 20.1 Å². The van der Waals surface area contributed by atoms with Crippen molar-refractivity contribution in [1.29, 1.82) is 0 Å². The predicted molar refractivity (Wildman–Crippen MR) is 77.0 cm³/mol. The van der Waals surface area contributed by atoms with E-state index in [1.54, 1.807) is 11.9 Å². The minimum atomic E-state index is -4.11. The van der Waals surface area contributed by atoms with Crippen LogP contribution in [0.3, 0.4) is 0 Å². The zero-order valence-corrected chi connectivity index (χ0v) is 13.2. The third kappa shape index (κ3) is 7.52. The molecule has 1 aromatic heterocycles. The molecule has 0 aromatic carbocycles. The van der Waals surface area contributed by atoms with Crippen LogP contribution in [-0.4, -0.2) is 31.2 Å². The van der Waals surface area contributed by atoms with Crippen molar-refractivity contribution < 1.29 is 17.6 Å². The molecule has 21 heavy (non-hydrogen) atoms. The maximum atomic E-state index is 12.2. The number of alkyl halides is 3. The van der Waals surface area contributed by atoms with E-state index in [1.165, 1.54) is 0 Å². The lowest BCUT2D eigenvalue weighted by atomic mass is 10.2. The topological polar surface area (TPSA) is 28.4 Å². The summed E-state index contributed by atoms with van der Waals surface area (Å²) in [5, 5.41) is 3.33. The first-order chi connectivity index (χ1) is 9.67. The molecule has 0 radical (unpaired) electrons. The summed E-state index contributed by atoms with van der Waals surface area (Å²) in [6.45, 7) is 8.16. The monoisotopic (exact) mass is 306 g/mol. The first-order valence-electron chi connectivity index (χ1n) is 7.21. The molecule has 0 aliphatic carbocycles. The molecule has 0 fully saturated rings. The molecular weight excluding hydrogens is 281 g/mol. The quantitative estimate of drug-likeness (QED) is 0.793. The lowest BCUT2D eigenvalue weighted by Gasteiger charge is -2.16. The molecular formula is C15H25F3N2O. The lowest BCUT2D eigenvalue weighted by molar-refractivity contribution is -0.137. The van der Waals surface area contributed by atoms with E-state index in [0.717, 1.165) is 24.4 Å². The fourth-order valence-corrected chi connectivity index (χ4v) is 2.00. The third-order valence-corrected chi connectivity index (χ3v) is 3.14. The molecule has 0 saturated heterocycles. The number of furan rings is 1. The maximum Gasteiger partial charge on any atom is 0.390 e. The number of aryl methyl sites for hydroxylation is 1. The van der Waals surface area contributed by atoms with E-state index in [0.29, 0.717) is 18.2 Å². The van der Waals surface area contributed by atoms with Gasteiger partial charge >= 0.3 is 6.18 Å². The van der Waals surface area contributed by atoms with Gasteiger partial charge < -0.3 is 9.73 Å². The molecule has 0 atom stereocenters. The number of nitrogens with zero attached hydrogens (tertiary/aromatic N) is 1. The molecule has 0 aliphatic rings. The van der Waals surface area contributed by atoms with Crippen LogP contribution >= 0.6 is 0 Å². The highest BCUT2D eigenvalue weighted by Crippen LogP contribution is 2.21. The Balaban J connectivity index is 2.45. The van der Waals surface area contributed by atoms with Gasteiger partial charge in [0.1, 0.15) is 11.5 Å². The smallest absolute Gasteiger partial charge is 0.390 e. The SMILES string of the molecule is Cc1oc(CN(C)CCC(F)(F)F)cc1CNCC(C)C. The maximum absolute atomic E-state index is 12.2. The first kappa shape index (κ1) is 18.0. The van der Waals surface area contributed by atoms with Gasteiger partial charge in [0.05, 0.1) is 13.0 Å². The zero-order chi connectivity index (χ0) is 16.0. The summed E-state index contributed by atoms with van der Waals surface area (Å²) in [6.07, 6.45) is -4.91. The molecule has 122 valence electrons. The van der Waals surface area contributed by atoms with Gasteiger partial charge in [-0.15, -0.1) is 0 Å². The molecule has 1 rings (SSSR count). The summed E-state index contributed by atoms with van der Waals surface area (Å²) in [5.74, 6) is 2.11. The molecule has 0 saturated carbocycles. The molecule has 1 N–H and O–H groups in total. The average Bonchev–Trinajstić information content (AvgIpc) is 2.66. The van der Waals surface area contributed by atoms with Gasteiger partial charge in [-0.1, -0.05) is 13.8 Å². The van der Waals surface area contributed by atoms with Gasteiger partial charge in [-0.3, -0.25) is 4.90 Å². The Morgan fingerprint density at radius 2 is 2.00 bits per heavy atom. The second-order valence-corrected chi connectivity index (χ2v) is 5.92. The van der Waals surface area contributed by atoms with Gasteiger partial charge in [-0.05, 0) is 32.5 Å². The molecule has 3 nitrogen and oxygen atoms in total. The van der Waals surface area contributed by atoms with E-state index < -0.39 is 12.6 Å². The van der Waals surface area contributed by atoms with Crippen LogP contribution in [0.1, 0.15) is 37.4 Å². The predicted octanol–water partition coefficient (Wildman–Crippen LogP) is 3.72. The fraction of sp³-hybridized carbons (Fsp3) is 0.733. The van der Waals surface area contributed by atoms with Gasteiger partial charge in [-0.2, -0.15) is 13.2 Å². The number of hydrogen-bond donors (Lipinski definition) is 1. The van der Waals surface area contributed by atoms with Gasteiger partial charge in [0.25, 0.3) is 0 Å². The van der Waals surface area contributed by atoms with Gasteiger partial charge in [0.2, 0.25) is 0 Å². The van der Waals surface area contributed by atoms with Crippen LogP contribution in [0, 0.1) is 12.8 Å². The normalized spacial score (nSPS) is 12.6. The highest BCUT2D eigenvalue weighted by atomic mass is 19.4. The Morgan fingerprint density at radius 1 is 1.33 bits per heavy atom. The summed E-state index contributed by atoms with van der Waals surface area (Å²) in [7, 11) is 1.67. The standard InChI is InChI=1S/C15H25F3N2O/c1-11(2)8-19-9-13-7-14(21-12(13)3)10-20(4)6-5-15(16,17)18/h7,11,19H,5-6,8-10H2,1-4H3. The van der Waals surface area contributed by atoms with Crippen molar-refractivity contribution in [3.8, 4) is 0 Å². The van der Waals surface area contributed by atoms with E-state index in [2.05, 4.69) is 19.2 Å². The fourth-order valence-electron chi connectivity index (χ4n) is 2.00. The molecule has 0 bridgehead atoms. The van der Waals surface area contributed by atoms with Crippen molar-refractivity contribution in [3.05, 3.63) is 23.2 Å². The first-order valence-corrected chi connectivity index (χ1v) is 7.21. The summed E-state index contributed by atoms with van der Waals surface area (Å²) in [4.78, 5) is 1.62. The Bertz CT molecular complexity index is 427. The van der Waals surface area contributed by atoms with Crippen molar-refractivity contribution >= 4 is 0 Å². The Labute approximate surface area is 124 Å². The minimum absolute atomic E-state index is 0.0236. The zero-order valence-electron chi connectivity index (χ0n) is 13.2. The second kappa shape index (κ2) is 7.84. The van der Waals surface area contributed by atoms with E-state index in [9.17, 15) is 13.2 Å². The molecule has 6 heteroatoms. The van der Waals surface area contributed by atoms with Gasteiger partial charge in [0, 0.05) is 18.7 Å². The van der Waals surface area contributed by atoms with Crippen LogP contribution < -0.4 is 5.32 Å². The minimum Gasteiger partial charge on any atom is -0.465 e. The van der Waals surface area contributed by atoms with E-state index in [-0.39, 0.29) is 6.54 Å². The summed E-state index contributed by atoms with van der Waals surface area (Å²) in [5.41, 5.74) is 1.06. The van der Waals surface area contributed by atoms with E-state index in [4.69, 9.17) is 4.42 Å². The molecule has 0 spiro atoms. The molecule has 0 amide bonds. The summed E-state index contributed by atoms with van der Waals surface area (Å²) in [6, 6.07) is 1.92. The van der Waals surface area contributed by atoms with Crippen molar-refractivity contribution in [1.82, 2.24) is 10.2 Å². The number of rotatable bonds is 8. The van der Waals surface area contributed by atoms with Gasteiger partial charge in [0.15, 0.2) is 0 Å². The summed E-state index contributed by atoms with van der Waals surface area (Å²) >= 11 is 0. The average molecular weight is 306 g/mol. The highest BCUT2D eigenvalue weighted by Gasteiger charge is 2.27. The number of halogens is 3. The largest absolute Gasteiger partial charge is 0.465 e. The van der Waals surface area contributed by atoms with Crippen molar-refractivity contribution in [2.45, 2.75) is 46.5 Å². The molecule has 0 aliphatic heterocycles. The van der Waals surface area contributed by atoms with Crippen LogP contribution in [0.4, 0.5) is 13.2 Å². The van der Waals surface area contributed by atoms with E-state index >= 15 is 0 Å². The second-order valence-electron chi connectivity index (χ2n) is 5.92. The third-order valence-electron chi connectivity index (χ3n) is 3.14. The number of nitrogens with one attached hydrogen (secondary N) is 1. The van der Waals surface area contributed by atoms with Crippen LogP contribution in [0.5, 0.6) is 0 Å². The van der Waals surface area contributed by atoms with Gasteiger partial charge in [-0.25, -0.2) is 0 Å². The van der Waals surface area contributed by atoms with Crippen LogP contribution in [0.15, 0.2) is 10.5 Å². The lowest BCUT2D eigenvalue weighted by Crippen LogP contribution is -2.23. The Hall–Kier alpha value is -1.01. The van der Waals surface area contributed by atoms with E-state index in [1.807, 2.05) is 13.0 Å². The molecule has 1 aromatic rings. The summed E-state index contributed by atoms with van der Waals surface area (Å²) < 4.78 is 42.1. The van der Waals surface area contributed by atoms with Crippen molar-refractivity contribution in [3.63, 3.8) is 0 Å². The Kier molecular flexibility index (Phi) is 6.74. The molecule has 1 heterocycles. The van der Waals surface area contributed by atoms with Crippen LogP contribution in [-0.2, 0) is 13.1 Å². The van der Waals surface area contributed by atoms with Crippen molar-refractivity contribution in [2.24, 2.45) is 5.92 Å². The number of hydrogen-bond acceptors (Lipinski definition) is 3. The van der Waals surface area contributed by atoms with Crippen LogP contribution in [0.25, 0.3) is 0 Å². The van der Waals surface area contributed by atoms with Crippen LogP contribution in [0.2, 0.25) is 0 Å². The molecule has 0 unspecified atom stereocenters.